The van der Waals surface area contributed by atoms with E-state index in [-0.39, 0.29) is 11.1 Å². The van der Waals surface area contributed by atoms with Crippen LogP contribution in [0.15, 0.2) is 66.7 Å². The maximum absolute atomic E-state index is 14.3. The quantitative estimate of drug-likeness (QED) is 0.465. The van der Waals surface area contributed by atoms with Crippen LogP contribution in [0.1, 0.15) is 37.9 Å². The predicted molar refractivity (Wildman–Crippen MR) is 115 cm³/mol. The minimum absolute atomic E-state index is 0.273. The van der Waals surface area contributed by atoms with Gasteiger partial charge < -0.3 is 9.64 Å². The Kier molecular flexibility index (Phi) is 4.55. The molecule has 0 bridgehead atoms. The highest BCUT2D eigenvalue weighted by Crippen LogP contribution is 2.45. The largest absolute Gasteiger partial charge is 0.497 e. The fourth-order valence-corrected chi connectivity index (χ4v) is 4.36. The van der Waals surface area contributed by atoms with Gasteiger partial charge in [-0.05, 0) is 54.4 Å². The Bertz CT molecular complexity index is 1250. The van der Waals surface area contributed by atoms with Crippen molar-refractivity contribution in [1.82, 2.24) is 4.90 Å². The zero-order chi connectivity index (χ0) is 22.6. The first-order valence-corrected chi connectivity index (χ1v) is 10.1. The second kappa shape index (κ2) is 7.30. The van der Waals surface area contributed by atoms with Gasteiger partial charge in [-0.3, -0.25) is 19.3 Å². The van der Waals surface area contributed by atoms with E-state index in [1.54, 1.807) is 67.6 Å². The van der Waals surface area contributed by atoms with Crippen molar-refractivity contribution < 1.29 is 23.5 Å². The van der Waals surface area contributed by atoms with Crippen LogP contribution in [0.4, 0.5) is 10.1 Å². The topological polar surface area (TPSA) is 66.9 Å². The molecule has 2 aliphatic heterocycles. The van der Waals surface area contributed by atoms with Crippen molar-refractivity contribution in [3.8, 4) is 5.75 Å². The summed E-state index contributed by atoms with van der Waals surface area (Å²) in [5.74, 6) is -1.34. The molecule has 2 heterocycles. The Labute approximate surface area is 183 Å². The first-order valence-electron chi connectivity index (χ1n) is 10.1. The number of hydrogen-bond acceptors (Lipinski definition) is 4. The maximum atomic E-state index is 14.3. The average molecular weight is 430 g/mol. The normalized spacial score (nSPS) is 19.8. The first kappa shape index (κ1) is 19.9. The predicted octanol–water partition coefficient (Wildman–Crippen LogP) is 3.90. The van der Waals surface area contributed by atoms with E-state index in [9.17, 15) is 18.8 Å². The van der Waals surface area contributed by atoms with Crippen LogP contribution in [0.5, 0.6) is 5.75 Å². The second-order valence-electron chi connectivity index (χ2n) is 7.83. The number of hydrogen-bond donors (Lipinski definition) is 0. The molecule has 160 valence electrons. The molecule has 1 saturated heterocycles. The summed E-state index contributed by atoms with van der Waals surface area (Å²) in [5, 5.41) is 0. The van der Waals surface area contributed by atoms with E-state index in [0.29, 0.717) is 22.6 Å². The Morgan fingerprint density at radius 3 is 2.12 bits per heavy atom. The number of imide groups is 1. The Morgan fingerprint density at radius 1 is 0.812 bits per heavy atom. The molecule has 0 saturated carbocycles. The molecule has 0 spiro atoms. The van der Waals surface area contributed by atoms with E-state index in [2.05, 4.69) is 0 Å². The highest BCUT2D eigenvalue weighted by atomic mass is 19.1. The highest BCUT2D eigenvalue weighted by molar-refractivity contribution is 6.24. The number of ether oxygens (including phenoxy) is 1. The summed E-state index contributed by atoms with van der Waals surface area (Å²) >= 11 is 0. The maximum Gasteiger partial charge on any atom is 0.262 e. The molecule has 7 heteroatoms. The van der Waals surface area contributed by atoms with Crippen molar-refractivity contribution in [3.63, 3.8) is 0 Å². The highest BCUT2D eigenvalue weighted by Gasteiger charge is 2.57. The Balaban J connectivity index is 1.61. The summed E-state index contributed by atoms with van der Waals surface area (Å²) < 4.78 is 19.6. The lowest BCUT2D eigenvalue weighted by atomic mass is 9.86. The van der Waals surface area contributed by atoms with Gasteiger partial charge in [0, 0.05) is 5.69 Å². The van der Waals surface area contributed by atoms with Crippen LogP contribution in [0, 0.1) is 12.7 Å². The molecule has 6 nitrogen and oxygen atoms in total. The van der Waals surface area contributed by atoms with Crippen molar-refractivity contribution in [2.24, 2.45) is 0 Å². The number of benzene rings is 3. The third kappa shape index (κ3) is 2.81. The number of β-lactam (4-membered cyclic amide) rings is 1. The van der Waals surface area contributed by atoms with Crippen molar-refractivity contribution in [3.05, 3.63) is 94.8 Å². The van der Waals surface area contributed by atoms with Gasteiger partial charge in [-0.25, -0.2) is 4.39 Å². The summed E-state index contributed by atoms with van der Waals surface area (Å²) in [4.78, 5) is 42.0. The Morgan fingerprint density at radius 2 is 1.50 bits per heavy atom. The number of fused-ring (bicyclic) bond motifs is 1. The SMILES string of the molecule is COc1cccc([C@H]2[C@@H](N3C(=O)c4ccccc4C3=O)C(=O)N2c2ccc(C)c(F)c2)c1. The van der Waals surface area contributed by atoms with Crippen LogP contribution >= 0.6 is 0 Å². The number of rotatable bonds is 4. The van der Waals surface area contributed by atoms with Gasteiger partial charge >= 0.3 is 0 Å². The minimum Gasteiger partial charge on any atom is -0.497 e. The number of amides is 3. The summed E-state index contributed by atoms with van der Waals surface area (Å²) in [6, 6.07) is 16.4. The number of aryl methyl sites for hydroxylation is 1. The lowest BCUT2D eigenvalue weighted by Gasteiger charge is -2.49. The van der Waals surface area contributed by atoms with Crippen LogP contribution in [0.2, 0.25) is 0 Å². The smallest absolute Gasteiger partial charge is 0.262 e. The second-order valence-corrected chi connectivity index (χ2v) is 7.83. The van der Waals surface area contributed by atoms with Gasteiger partial charge in [0.15, 0.2) is 0 Å². The van der Waals surface area contributed by atoms with E-state index >= 15 is 0 Å². The number of anilines is 1. The third-order valence-electron chi connectivity index (χ3n) is 6.04. The Hall–Kier alpha value is -4.00. The zero-order valence-corrected chi connectivity index (χ0v) is 17.4. The molecule has 1 fully saturated rings. The van der Waals surface area contributed by atoms with Crippen molar-refractivity contribution in [2.75, 3.05) is 12.0 Å². The van der Waals surface area contributed by atoms with Crippen LogP contribution in [-0.4, -0.2) is 35.8 Å². The van der Waals surface area contributed by atoms with E-state index in [4.69, 9.17) is 4.74 Å². The molecule has 2 atom stereocenters. The third-order valence-corrected chi connectivity index (χ3v) is 6.04. The van der Waals surface area contributed by atoms with Gasteiger partial charge in [0.1, 0.15) is 17.6 Å². The fourth-order valence-electron chi connectivity index (χ4n) is 4.36. The molecular formula is C25H19FN2O4. The monoisotopic (exact) mass is 430 g/mol. The van der Waals surface area contributed by atoms with Gasteiger partial charge in [-0.2, -0.15) is 0 Å². The number of methoxy groups -OCH3 is 1. The molecule has 2 aliphatic rings. The summed E-state index contributed by atoms with van der Waals surface area (Å²) in [7, 11) is 1.53. The standard InChI is InChI=1S/C25H19FN2O4/c1-14-10-11-16(13-20(14)26)27-21(15-6-5-7-17(12-15)32-2)22(25(27)31)28-23(29)18-8-3-4-9-19(18)24(28)30/h3-13,21-22H,1-2H3/t21-,22+/m0/s1. The lowest BCUT2D eigenvalue weighted by molar-refractivity contribution is -0.130. The van der Waals surface area contributed by atoms with Gasteiger partial charge in [-0.1, -0.05) is 30.3 Å². The number of carbonyl (C=O) groups is 3. The fraction of sp³-hybridized carbons (Fsp3) is 0.160. The first-order chi connectivity index (χ1) is 15.4. The summed E-state index contributed by atoms with van der Waals surface area (Å²) in [6.07, 6.45) is 0. The molecule has 0 radical (unpaired) electrons. The molecule has 5 rings (SSSR count). The number of carbonyl (C=O) groups excluding carboxylic acids is 3. The number of halogens is 1. The minimum atomic E-state index is -1.04. The summed E-state index contributed by atoms with van der Waals surface area (Å²) in [5.41, 5.74) is 2.03. The van der Waals surface area contributed by atoms with Gasteiger partial charge in [-0.15, -0.1) is 0 Å². The molecule has 0 N–H and O–H groups in total. The van der Waals surface area contributed by atoms with E-state index in [1.807, 2.05) is 0 Å². The number of nitrogens with zero attached hydrogens (tertiary/aromatic N) is 2. The molecule has 3 aromatic rings. The van der Waals surface area contributed by atoms with Crippen LogP contribution < -0.4 is 9.64 Å². The van der Waals surface area contributed by atoms with Crippen LogP contribution in [-0.2, 0) is 4.79 Å². The van der Waals surface area contributed by atoms with Gasteiger partial charge in [0.2, 0.25) is 0 Å². The van der Waals surface area contributed by atoms with E-state index < -0.39 is 35.6 Å². The van der Waals surface area contributed by atoms with E-state index in [0.717, 1.165) is 4.90 Å². The van der Waals surface area contributed by atoms with Crippen LogP contribution in [0.3, 0.4) is 0 Å². The summed E-state index contributed by atoms with van der Waals surface area (Å²) in [6.45, 7) is 1.64. The van der Waals surface area contributed by atoms with Gasteiger partial charge in [0.25, 0.3) is 17.7 Å². The molecule has 3 aromatic carbocycles. The molecule has 0 aromatic heterocycles. The molecule has 0 unspecified atom stereocenters. The van der Waals surface area contributed by atoms with Gasteiger partial charge in [0.05, 0.1) is 24.3 Å². The van der Waals surface area contributed by atoms with Crippen molar-refractivity contribution in [1.29, 1.82) is 0 Å². The van der Waals surface area contributed by atoms with Crippen molar-refractivity contribution >= 4 is 23.4 Å². The van der Waals surface area contributed by atoms with E-state index in [1.165, 1.54) is 18.1 Å². The zero-order valence-electron chi connectivity index (χ0n) is 17.4. The molecule has 0 aliphatic carbocycles. The molecular weight excluding hydrogens is 411 g/mol. The average Bonchev–Trinajstić information content (AvgIpc) is 3.05. The lowest BCUT2D eigenvalue weighted by Crippen LogP contribution is -2.67. The molecule has 3 amide bonds. The van der Waals surface area contributed by atoms with Crippen molar-refractivity contribution in [2.45, 2.75) is 19.0 Å². The molecule has 32 heavy (non-hydrogen) atoms. The van der Waals surface area contributed by atoms with Crippen LogP contribution in [0.25, 0.3) is 0 Å².